The Balaban J connectivity index is 1.91. The molecule has 0 radical (unpaired) electrons. The third kappa shape index (κ3) is 3.25. The van der Waals surface area contributed by atoms with Gasteiger partial charge in [0.1, 0.15) is 5.82 Å². The summed E-state index contributed by atoms with van der Waals surface area (Å²) in [4.78, 5) is 1.13. The van der Waals surface area contributed by atoms with Crippen LogP contribution in [0.2, 0.25) is 5.02 Å². The number of halogens is 1. The number of hydrogen-bond acceptors (Lipinski definition) is 4. The van der Waals surface area contributed by atoms with E-state index in [2.05, 4.69) is 20.8 Å². The second-order valence-corrected chi connectivity index (χ2v) is 6.63. The van der Waals surface area contributed by atoms with E-state index in [1.807, 2.05) is 12.1 Å². The molecule has 21 heavy (non-hydrogen) atoms. The van der Waals surface area contributed by atoms with Crippen LogP contribution in [-0.2, 0) is 19.4 Å². The van der Waals surface area contributed by atoms with Gasteiger partial charge in [-0.1, -0.05) is 24.1 Å². The molecule has 0 spiro atoms. The normalized spacial score (nSPS) is 14.8. The van der Waals surface area contributed by atoms with Gasteiger partial charge in [-0.2, -0.15) is 0 Å². The molecule has 1 aliphatic heterocycles. The molecule has 2 aromatic rings. The van der Waals surface area contributed by atoms with Crippen LogP contribution in [0, 0.1) is 0 Å². The maximum Gasteiger partial charge on any atom is 0.196 e. The molecule has 1 aliphatic rings. The number of hydrogen-bond donors (Lipinski definition) is 1. The number of aryl methyl sites for hydroxylation is 1. The fourth-order valence-corrected chi connectivity index (χ4v) is 4.05. The average molecular weight is 323 g/mol. The summed E-state index contributed by atoms with van der Waals surface area (Å²) in [6.45, 7) is 1.60. The summed E-state index contributed by atoms with van der Waals surface area (Å²) in [5, 5.41) is 10.5. The van der Waals surface area contributed by atoms with Crippen LogP contribution in [0.25, 0.3) is 0 Å². The fraction of sp³-hybridized carbons (Fsp3) is 0.467. The molecule has 0 saturated heterocycles. The van der Waals surface area contributed by atoms with Crippen LogP contribution in [0.15, 0.2) is 28.3 Å². The van der Waals surface area contributed by atoms with E-state index in [1.165, 1.54) is 19.3 Å². The standard InChI is InChI=1S/C15H19ClN4S/c16-12-5-4-6-13(11(12)8-9-17)21-15-19-18-14-7-2-1-3-10-20(14)15/h4-6H,1-3,7-10,17H2. The first-order chi connectivity index (χ1) is 10.3. The maximum absolute atomic E-state index is 6.31. The minimum atomic E-state index is 0.592. The highest BCUT2D eigenvalue weighted by Gasteiger charge is 2.17. The van der Waals surface area contributed by atoms with Gasteiger partial charge < -0.3 is 10.3 Å². The molecule has 0 atom stereocenters. The van der Waals surface area contributed by atoms with Gasteiger partial charge in [0.05, 0.1) is 0 Å². The molecule has 6 heteroatoms. The molecule has 0 amide bonds. The Kier molecular flexibility index (Phi) is 4.83. The third-order valence-electron chi connectivity index (χ3n) is 3.75. The molecule has 112 valence electrons. The Labute approximate surface area is 134 Å². The molecule has 0 unspecified atom stereocenters. The van der Waals surface area contributed by atoms with Gasteiger partial charge in [0, 0.05) is 22.9 Å². The molecule has 3 rings (SSSR count). The lowest BCUT2D eigenvalue weighted by atomic mass is 10.1. The van der Waals surface area contributed by atoms with Crippen LogP contribution in [0.1, 0.15) is 30.7 Å². The summed E-state index contributed by atoms with van der Waals surface area (Å²) in [5.74, 6) is 1.11. The number of fused-ring (bicyclic) bond motifs is 1. The molecule has 0 fully saturated rings. The topological polar surface area (TPSA) is 56.7 Å². The number of nitrogens with two attached hydrogens (primary N) is 1. The summed E-state index contributed by atoms with van der Waals surface area (Å²) in [6, 6.07) is 5.98. The molecule has 2 N–H and O–H groups in total. The highest BCUT2D eigenvalue weighted by Crippen LogP contribution is 2.34. The summed E-state index contributed by atoms with van der Waals surface area (Å²) >= 11 is 7.95. The Hall–Kier alpha value is -1.04. The molecule has 2 heterocycles. The van der Waals surface area contributed by atoms with Crippen LogP contribution >= 0.6 is 23.4 Å². The summed E-state index contributed by atoms with van der Waals surface area (Å²) < 4.78 is 2.25. The monoisotopic (exact) mass is 322 g/mol. The van der Waals surface area contributed by atoms with Crippen molar-refractivity contribution >= 4 is 23.4 Å². The van der Waals surface area contributed by atoms with Gasteiger partial charge in [-0.3, -0.25) is 0 Å². The van der Waals surface area contributed by atoms with Gasteiger partial charge in [-0.05, 0) is 55.3 Å². The molecule has 1 aromatic heterocycles. The van der Waals surface area contributed by atoms with E-state index in [0.29, 0.717) is 6.54 Å². The molecule has 0 bridgehead atoms. The molecule has 0 aliphatic carbocycles. The van der Waals surface area contributed by atoms with E-state index < -0.39 is 0 Å². The van der Waals surface area contributed by atoms with Crippen molar-refractivity contribution in [1.82, 2.24) is 14.8 Å². The smallest absolute Gasteiger partial charge is 0.196 e. The van der Waals surface area contributed by atoms with Gasteiger partial charge in [-0.25, -0.2) is 0 Å². The zero-order chi connectivity index (χ0) is 14.7. The van der Waals surface area contributed by atoms with E-state index in [1.54, 1.807) is 11.8 Å². The van der Waals surface area contributed by atoms with E-state index in [4.69, 9.17) is 17.3 Å². The molecule has 4 nitrogen and oxygen atoms in total. The molecular formula is C15H19ClN4S. The Bertz CT molecular complexity index is 626. The lowest BCUT2D eigenvalue weighted by Gasteiger charge is -2.11. The number of rotatable bonds is 4. The van der Waals surface area contributed by atoms with Crippen molar-refractivity contribution in [3.8, 4) is 0 Å². The SMILES string of the molecule is NCCc1c(Cl)cccc1Sc1nnc2n1CCCCC2. The third-order valence-corrected chi connectivity index (χ3v) is 5.19. The first kappa shape index (κ1) is 14.9. The lowest BCUT2D eigenvalue weighted by Crippen LogP contribution is -2.05. The first-order valence-corrected chi connectivity index (χ1v) is 8.56. The van der Waals surface area contributed by atoms with E-state index >= 15 is 0 Å². The van der Waals surface area contributed by atoms with E-state index in [0.717, 1.165) is 45.8 Å². The Morgan fingerprint density at radius 2 is 2.14 bits per heavy atom. The number of nitrogens with zero attached hydrogens (tertiary/aromatic N) is 3. The first-order valence-electron chi connectivity index (χ1n) is 7.37. The van der Waals surface area contributed by atoms with Crippen molar-refractivity contribution < 1.29 is 0 Å². The highest BCUT2D eigenvalue weighted by molar-refractivity contribution is 7.99. The van der Waals surface area contributed by atoms with Gasteiger partial charge in [0.15, 0.2) is 5.16 Å². The zero-order valence-electron chi connectivity index (χ0n) is 11.9. The number of benzene rings is 1. The molecular weight excluding hydrogens is 304 g/mol. The van der Waals surface area contributed by atoms with Crippen molar-refractivity contribution in [2.24, 2.45) is 5.73 Å². The molecule has 1 aromatic carbocycles. The van der Waals surface area contributed by atoms with Gasteiger partial charge in [-0.15, -0.1) is 10.2 Å². The second-order valence-electron chi connectivity index (χ2n) is 5.22. The maximum atomic E-state index is 6.31. The summed E-state index contributed by atoms with van der Waals surface area (Å²) in [6.07, 6.45) is 5.48. The largest absolute Gasteiger partial charge is 0.330 e. The van der Waals surface area contributed by atoms with Crippen LogP contribution in [-0.4, -0.2) is 21.3 Å². The molecule has 0 saturated carbocycles. The van der Waals surface area contributed by atoms with Crippen LogP contribution in [0.5, 0.6) is 0 Å². The lowest BCUT2D eigenvalue weighted by molar-refractivity contribution is 0.591. The van der Waals surface area contributed by atoms with Gasteiger partial charge >= 0.3 is 0 Å². The van der Waals surface area contributed by atoms with Crippen LogP contribution in [0.4, 0.5) is 0 Å². The second kappa shape index (κ2) is 6.81. The predicted octanol–water partition coefficient (Wildman–Crippen LogP) is 3.31. The van der Waals surface area contributed by atoms with Gasteiger partial charge in [0.2, 0.25) is 0 Å². The van der Waals surface area contributed by atoms with Crippen molar-refractivity contribution in [3.05, 3.63) is 34.6 Å². The predicted molar refractivity (Wildman–Crippen MR) is 85.9 cm³/mol. The van der Waals surface area contributed by atoms with E-state index in [9.17, 15) is 0 Å². The van der Waals surface area contributed by atoms with Crippen molar-refractivity contribution in [3.63, 3.8) is 0 Å². The minimum absolute atomic E-state index is 0.592. The fourth-order valence-electron chi connectivity index (χ4n) is 2.65. The average Bonchev–Trinajstić information content (AvgIpc) is 2.71. The zero-order valence-corrected chi connectivity index (χ0v) is 13.5. The van der Waals surface area contributed by atoms with Crippen molar-refractivity contribution in [1.29, 1.82) is 0 Å². The summed E-state index contributed by atoms with van der Waals surface area (Å²) in [7, 11) is 0. The minimum Gasteiger partial charge on any atom is -0.330 e. The highest BCUT2D eigenvalue weighted by atomic mass is 35.5. The van der Waals surface area contributed by atoms with Crippen LogP contribution < -0.4 is 5.73 Å². The van der Waals surface area contributed by atoms with Crippen molar-refractivity contribution in [2.75, 3.05) is 6.54 Å². The quantitative estimate of drug-likeness (QED) is 0.938. The Morgan fingerprint density at radius 3 is 3.00 bits per heavy atom. The number of aromatic nitrogens is 3. The van der Waals surface area contributed by atoms with Crippen LogP contribution in [0.3, 0.4) is 0 Å². The van der Waals surface area contributed by atoms with E-state index in [-0.39, 0.29) is 0 Å². The Morgan fingerprint density at radius 1 is 1.24 bits per heavy atom. The summed E-state index contributed by atoms with van der Waals surface area (Å²) in [5.41, 5.74) is 6.81. The van der Waals surface area contributed by atoms with Crippen molar-refractivity contribution in [2.45, 2.75) is 48.7 Å². The van der Waals surface area contributed by atoms with Gasteiger partial charge in [0.25, 0.3) is 0 Å².